The van der Waals surface area contributed by atoms with E-state index in [1.54, 1.807) is 0 Å². The van der Waals surface area contributed by atoms with Crippen LogP contribution in [0.2, 0.25) is 0 Å². The molecule has 1 N–H and O–H groups in total. The van der Waals surface area contributed by atoms with Crippen molar-refractivity contribution in [3.8, 4) is 0 Å². The lowest BCUT2D eigenvalue weighted by Gasteiger charge is -2.31. The fourth-order valence-corrected chi connectivity index (χ4v) is 1.84. The van der Waals surface area contributed by atoms with Gasteiger partial charge in [-0.15, -0.1) is 0 Å². The highest BCUT2D eigenvalue weighted by molar-refractivity contribution is 5.66. The minimum absolute atomic E-state index is 0.235. The molecule has 1 fully saturated rings. The monoisotopic (exact) mass is 201 g/mol. The van der Waals surface area contributed by atoms with Crippen LogP contribution in [0.25, 0.3) is 0 Å². The van der Waals surface area contributed by atoms with Gasteiger partial charge < -0.3 is 14.7 Å². The molecule has 1 unspecified atom stereocenters. The lowest BCUT2D eigenvalue weighted by molar-refractivity contribution is -0.137. The summed E-state index contributed by atoms with van der Waals surface area (Å²) in [4.78, 5) is 12.6. The maximum Gasteiger partial charge on any atom is 0.304 e. The molecule has 0 aromatic carbocycles. The fourth-order valence-electron chi connectivity index (χ4n) is 1.84. The molecule has 1 heterocycles. The van der Waals surface area contributed by atoms with Crippen molar-refractivity contribution in [3.63, 3.8) is 0 Å². The minimum Gasteiger partial charge on any atom is -0.481 e. The van der Waals surface area contributed by atoms with Crippen molar-refractivity contribution in [3.05, 3.63) is 0 Å². The number of likely N-dealkylation sites (tertiary alicyclic amines) is 1. The largest absolute Gasteiger partial charge is 0.481 e. The van der Waals surface area contributed by atoms with Gasteiger partial charge in [0.2, 0.25) is 0 Å². The normalized spacial score (nSPS) is 23.6. The average molecular weight is 201 g/mol. The molecule has 0 aliphatic carbocycles. The van der Waals surface area contributed by atoms with Gasteiger partial charge in [-0.3, -0.25) is 4.79 Å². The van der Waals surface area contributed by atoms with Gasteiger partial charge in [-0.2, -0.15) is 0 Å². The van der Waals surface area contributed by atoms with Gasteiger partial charge in [-0.25, -0.2) is 0 Å². The highest BCUT2D eigenvalue weighted by Gasteiger charge is 2.19. The SMILES string of the molecule is CCOC1CCCN(CCC(=O)O)C1. The number of carboxylic acids is 1. The van der Waals surface area contributed by atoms with E-state index in [1.165, 1.54) is 0 Å². The van der Waals surface area contributed by atoms with Crippen molar-refractivity contribution in [2.75, 3.05) is 26.2 Å². The molecule has 14 heavy (non-hydrogen) atoms. The van der Waals surface area contributed by atoms with Gasteiger partial charge in [0.25, 0.3) is 0 Å². The van der Waals surface area contributed by atoms with Crippen LogP contribution in [0.3, 0.4) is 0 Å². The second-order valence-electron chi connectivity index (χ2n) is 3.66. The van der Waals surface area contributed by atoms with Crippen LogP contribution >= 0.6 is 0 Å². The molecule has 0 amide bonds. The number of carboxylic acid groups (broad SMARTS) is 1. The van der Waals surface area contributed by atoms with Crippen molar-refractivity contribution in [1.82, 2.24) is 4.90 Å². The van der Waals surface area contributed by atoms with Gasteiger partial charge in [0, 0.05) is 19.7 Å². The minimum atomic E-state index is -0.719. The maximum absolute atomic E-state index is 10.4. The first kappa shape index (κ1) is 11.5. The second-order valence-corrected chi connectivity index (χ2v) is 3.66. The van der Waals surface area contributed by atoms with Crippen molar-refractivity contribution in [2.45, 2.75) is 32.3 Å². The van der Waals surface area contributed by atoms with Crippen LogP contribution in [-0.2, 0) is 9.53 Å². The molecule has 0 radical (unpaired) electrons. The number of nitrogens with zero attached hydrogens (tertiary/aromatic N) is 1. The number of piperidine rings is 1. The third-order valence-electron chi connectivity index (χ3n) is 2.51. The zero-order chi connectivity index (χ0) is 10.4. The van der Waals surface area contributed by atoms with Crippen molar-refractivity contribution in [2.24, 2.45) is 0 Å². The summed E-state index contributed by atoms with van der Waals surface area (Å²) >= 11 is 0. The summed E-state index contributed by atoms with van der Waals surface area (Å²) in [6, 6.07) is 0. The maximum atomic E-state index is 10.4. The molecule has 0 spiro atoms. The Morgan fingerprint density at radius 1 is 1.64 bits per heavy atom. The van der Waals surface area contributed by atoms with E-state index in [4.69, 9.17) is 9.84 Å². The Labute approximate surface area is 84.8 Å². The Balaban J connectivity index is 2.21. The topological polar surface area (TPSA) is 49.8 Å². The van der Waals surface area contributed by atoms with Crippen LogP contribution in [0, 0.1) is 0 Å². The Morgan fingerprint density at radius 3 is 3.07 bits per heavy atom. The van der Waals surface area contributed by atoms with Gasteiger partial charge in [0.15, 0.2) is 0 Å². The van der Waals surface area contributed by atoms with Crippen LogP contribution in [0.15, 0.2) is 0 Å². The molecular formula is C10H19NO3. The second kappa shape index (κ2) is 5.98. The van der Waals surface area contributed by atoms with Gasteiger partial charge >= 0.3 is 5.97 Å². The smallest absolute Gasteiger partial charge is 0.304 e. The first-order valence-corrected chi connectivity index (χ1v) is 5.28. The molecule has 1 rings (SSSR count). The molecule has 1 saturated heterocycles. The van der Waals surface area contributed by atoms with Gasteiger partial charge in [0.1, 0.15) is 0 Å². The summed E-state index contributed by atoms with van der Waals surface area (Å²) in [5.74, 6) is -0.719. The number of aliphatic carboxylic acids is 1. The van der Waals surface area contributed by atoms with Crippen LogP contribution < -0.4 is 0 Å². The zero-order valence-electron chi connectivity index (χ0n) is 8.74. The summed E-state index contributed by atoms with van der Waals surface area (Å²) in [5, 5.41) is 8.56. The molecular weight excluding hydrogens is 182 g/mol. The molecule has 1 atom stereocenters. The lowest BCUT2D eigenvalue weighted by Crippen LogP contribution is -2.40. The van der Waals surface area contributed by atoms with E-state index in [1.807, 2.05) is 6.92 Å². The van der Waals surface area contributed by atoms with Gasteiger partial charge in [0.05, 0.1) is 12.5 Å². The summed E-state index contributed by atoms with van der Waals surface area (Å²) in [7, 11) is 0. The summed E-state index contributed by atoms with van der Waals surface area (Å²) < 4.78 is 5.53. The highest BCUT2D eigenvalue weighted by atomic mass is 16.5. The van der Waals surface area contributed by atoms with Crippen LogP contribution in [0.4, 0.5) is 0 Å². The van der Waals surface area contributed by atoms with Crippen molar-refractivity contribution >= 4 is 5.97 Å². The third-order valence-corrected chi connectivity index (χ3v) is 2.51. The zero-order valence-corrected chi connectivity index (χ0v) is 8.74. The van der Waals surface area contributed by atoms with Crippen molar-refractivity contribution in [1.29, 1.82) is 0 Å². The number of hydrogen-bond acceptors (Lipinski definition) is 3. The predicted octanol–water partition coefficient (Wildman–Crippen LogP) is 0.962. The van der Waals surface area contributed by atoms with Gasteiger partial charge in [-0.05, 0) is 26.3 Å². The number of ether oxygens (including phenoxy) is 1. The Morgan fingerprint density at radius 2 is 2.43 bits per heavy atom. The van der Waals surface area contributed by atoms with E-state index in [0.29, 0.717) is 12.6 Å². The Hall–Kier alpha value is -0.610. The standard InChI is InChI=1S/C10H19NO3/c1-2-14-9-4-3-6-11(8-9)7-5-10(12)13/h9H,2-8H2,1H3,(H,12,13). The third kappa shape index (κ3) is 4.07. The quantitative estimate of drug-likeness (QED) is 0.720. The molecule has 0 aromatic heterocycles. The first-order valence-electron chi connectivity index (χ1n) is 5.28. The number of carbonyl (C=O) groups is 1. The fraction of sp³-hybridized carbons (Fsp3) is 0.900. The predicted molar refractivity (Wildman–Crippen MR) is 53.3 cm³/mol. The molecule has 0 saturated carbocycles. The van der Waals surface area contributed by atoms with E-state index in [2.05, 4.69) is 4.90 Å². The lowest BCUT2D eigenvalue weighted by atomic mass is 10.1. The molecule has 82 valence electrons. The van der Waals surface area contributed by atoms with E-state index in [9.17, 15) is 4.79 Å². The number of hydrogen-bond donors (Lipinski definition) is 1. The van der Waals surface area contributed by atoms with Crippen molar-refractivity contribution < 1.29 is 14.6 Å². The molecule has 1 aliphatic rings. The van der Waals surface area contributed by atoms with Crippen LogP contribution in [0.1, 0.15) is 26.2 Å². The van der Waals surface area contributed by atoms with Crippen LogP contribution in [-0.4, -0.2) is 48.3 Å². The molecule has 4 heteroatoms. The highest BCUT2D eigenvalue weighted by Crippen LogP contribution is 2.13. The summed E-state index contributed by atoms with van der Waals surface area (Å²) in [6.45, 7) is 5.30. The molecule has 0 bridgehead atoms. The first-order chi connectivity index (χ1) is 6.72. The molecule has 0 aromatic rings. The van der Waals surface area contributed by atoms with E-state index >= 15 is 0 Å². The van der Waals surface area contributed by atoms with Crippen LogP contribution in [0.5, 0.6) is 0 Å². The van der Waals surface area contributed by atoms with E-state index in [-0.39, 0.29) is 6.42 Å². The Kier molecular flexibility index (Phi) is 4.90. The van der Waals surface area contributed by atoms with Gasteiger partial charge in [-0.1, -0.05) is 0 Å². The van der Waals surface area contributed by atoms with E-state index in [0.717, 1.165) is 32.5 Å². The molecule has 4 nitrogen and oxygen atoms in total. The average Bonchev–Trinajstić information content (AvgIpc) is 2.16. The summed E-state index contributed by atoms with van der Waals surface area (Å²) in [6.07, 6.45) is 2.77. The van der Waals surface area contributed by atoms with E-state index < -0.39 is 5.97 Å². The molecule has 1 aliphatic heterocycles. The summed E-state index contributed by atoms with van der Waals surface area (Å²) in [5.41, 5.74) is 0. The Bertz CT molecular complexity index is 182. The number of rotatable bonds is 5.